The van der Waals surface area contributed by atoms with Gasteiger partial charge >= 0.3 is 0 Å². The maximum atomic E-state index is 13.8. The van der Waals surface area contributed by atoms with E-state index in [9.17, 15) is 9.59 Å². The third-order valence-corrected chi connectivity index (χ3v) is 6.94. The molecule has 3 aromatic carbocycles. The molecule has 5 nitrogen and oxygen atoms in total. The van der Waals surface area contributed by atoms with E-state index in [1.807, 2.05) is 85.8 Å². The quantitative estimate of drug-likeness (QED) is 0.428. The third kappa shape index (κ3) is 6.97. The molecule has 0 saturated heterocycles. The van der Waals surface area contributed by atoms with E-state index in [2.05, 4.69) is 5.32 Å². The summed E-state index contributed by atoms with van der Waals surface area (Å²) in [7, 11) is 1.63. The average molecular weight is 485 g/mol. The zero-order chi connectivity index (χ0) is 25.3. The number of hydrogen-bond donors (Lipinski definition) is 1. The third-order valence-electron chi connectivity index (χ3n) is 6.94. The van der Waals surface area contributed by atoms with Gasteiger partial charge in [0, 0.05) is 19.0 Å². The van der Waals surface area contributed by atoms with E-state index in [1.165, 1.54) is 0 Å². The van der Waals surface area contributed by atoms with Gasteiger partial charge in [0.15, 0.2) is 0 Å². The molecule has 0 aliphatic heterocycles. The highest BCUT2D eigenvalue weighted by Gasteiger charge is 2.32. The molecule has 0 bridgehead atoms. The van der Waals surface area contributed by atoms with Gasteiger partial charge in [0.2, 0.25) is 11.8 Å². The molecule has 1 saturated carbocycles. The Morgan fingerprint density at radius 1 is 0.917 bits per heavy atom. The molecule has 2 amide bonds. The fraction of sp³-hybridized carbons (Fsp3) is 0.355. The van der Waals surface area contributed by atoms with Gasteiger partial charge in [0.05, 0.1) is 13.5 Å². The zero-order valence-corrected chi connectivity index (χ0v) is 21.3. The van der Waals surface area contributed by atoms with Gasteiger partial charge in [-0.1, -0.05) is 85.1 Å². The standard InChI is InChI=1S/C31H36N2O3/c1-23-15-17-25(18-16-23)21-30(34)33(22-26-11-8-14-28(19-26)36-2)29(20-24-9-4-3-5-10-24)31(35)32-27-12-6-7-13-27/h3-5,8-11,14-19,27,29H,6-7,12-13,20-22H2,1-2H3,(H,32,35). The molecule has 0 aromatic heterocycles. The average Bonchev–Trinajstić information content (AvgIpc) is 3.41. The molecule has 4 rings (SSSR count). The Hall–Kier alpha value is -3.60. The Morgan fingerprint density at radius 3 is 2.31 bits per heavy atom. The number of amides is 2. The van der Waals surface area contributed by atoms with Crippen LogP contribution >= 0.6 is 0 Å². The minimum absolute atomic E-state index is 0.0656. The molecule has 1 unspecified atom stereocenters. The van der Waals surface area contributed by atoms with Crippen molar-refractivity contribution in [2.75, 3.05) is 7.11 Å². The highest BCUT2D eigenvalue weighted by atomic mass is 16.5. The van der Waals surface area contributed by atoms with Gasteiger partial charge in [-0.25, -0.2) is 0 Å². The van der Waals surface area contributed by atoms with Crippen molar-refractivity contribution in [2.45, 2.75) is 64.1 Å². The predicted molar refractivity (Wildman–Crippen MR) is 143 cm³/mol. The van der Waals surface area contributed by atoms with Crippen molar-refractivity contribution in [1.29, 1.82) is 0 Å². The van der Waals surface area contributed by atoms with Crippen LogP contribution in [0.2, 0.25) is 0 Å². The number of nitrogens with one attached hydrogen (secondary N) is 1. The summed E-state index contributed by atoms with van der Waals surface area (Å²) in [4.78, 5) is 29.3. The van der Waals surface area contributed by atoms with Crippen molar-refractivity contribution in [2.24, 2.45) is 0 Å². The van der Waals surface area contributed by atoms with Crippen LogP contribution in [-0.2, 0) is 29.0 Å². The Kier molecular flexibility index (Phi) is 8.77. The van der Waals surface area contributed by atoms with Crippen LogP contribution in [0, 0.1) is 6.92 Å². The van der Waals surface area contributed by atoms with E-state index in [0.29, 0.717) is 13.0 Å². The molecule has 0 spiro atoms. The van der Waals surface area contributed by atoms with E-state index in [-0.39, 0.29) is 24.3 Å². The molecule has 1 aliphatic carbocycles. The van der Waals surface area contributed by atoms with E-state index in [0.717, 1.165) is 53.7 Å². The summed E-state index contributed by atoms with van der Waals surface area (Å²) in [6.07, 6.45) is 4.96. The summed E-state index contributed by atoms with van der Waals surface area (Å²) in [5.41, 5.74) is 4.05. The van der Waals surface area contributed by atoms with Crippen LogP contribution < -0.4 is 10.1 Å². The lowest BCUT2D eigenvalue weighted by Gasteiger charge is -2.32. The highest BCUT2D eigenvalue weighted by molar-refractivity contribution is 5.89. The number of benzene rings is 3. The zero-order valence-electron chi connectivity index (χ0n) is 21.3. The van der Waals surface area contributed by atoms with Crippen molar-refractivity contribution in [3.8, 4) is 5.75 Å². The molecule has 0 radical (unpaired) electrons. The summed E-state index contributed by atoms with van der Waals surface area (Å²) >= 11 is 0. The number of methoxy groups -OCH3 is 1. The summed E-state index contributed by atoms with van der Waals surface area (Å²) in [5.74, 6) is 0.587. The summed E-state index contributed by atoms with van der Waals surface area (Å²) in [5, 5.41) is 3.26. The fourth-order valence-corrected chi connectivity index (χ4v) is 4.87. The molecule has 188 valence electrons. The Bertz CT molecular complexity index is 1140. The van der Waals surface area contributed by atoms with Crippen molar-refractivity contribution in [3.05, 3.63) is 101 Å². The van der Waals surface area contributed by atoms with Crippen LogP contribution in [0.4, 0.5) is 0 Å². The molecule has 1 atom stereocenters. The number of ether oxygens (including phenoxy) is 1. The molecule has 0 heterocycles. The minimum Gasteiger partial charge on any atom is -0.497 e. The molecule has 36 heavy (non-hydrogen) atoms. The first-order chi connectivity index (χ1) is 17.5. The maximum Gasteiger partial charge on any atom is 0.243 e. The lowest BCUT2D eigenvalue weighted by Crippen LogP contribution is -2.52. The summed E-state index contributed by atoms with van der Waals surface area (Å²) in [6.45, 7) is 2.36. The highest BCUT2D eigenvalue weighted by Crippen LogP contribution is 2.22. The first-order valence-electron chi connectivity index (χ1n) is 12.8. The van der Waals surface area contributed by atoms with Crippen molar-refractivity contribution in [1.82, 2.24) is 10.2 Å². The minimum atomic E-state index is -0.614. The molecule has 1 fully saturated rings. The molecular weight excluding hydrogens is 448 g/mol. The van der Waals surface area contributed by atoms with Gasteiger partial charge in [0.1, 0.15) is 11.8 Å². The van der Waals surface area contributed by atoms with Crippen molar-refractivity contribution < 1.29 is 14.3 Å². The van der Waals surface area contributed by atoms with E-state index < -0.39 is 6.04 Å². The number of carbonyl (C=O) groups excluding carboxylic acids is 2. The van der Waals surface area contributed by atoms with E-state index in [4.69, 9.17) is 4.74 Å². The van der Waals surface area contributed by atoms with Gasteiger partial charge < -0.3 is 15.0 Å². The topological polar surface area (TPSA) is 58.6 Å². The van der Waals surface area contributed by atoms with E-state index in [1.54, 1.807) is 12.0 Å². The van der Waals surface area contributed by atoms with Gasteiger partial charge in [-0.05, 0) is 48.6 Å². The van der Waals surface area contributed by atoms with Crippen LogP contribution in [0.1, 0.15) is 47.9 Å². The van der Waals surface area contributed by atoms with Crippen LogP contribution in [-0.4, -0.2) is 35.9 Å². The van der Waals surface area contributed by atoms with Crippen molar-refractivity contribution >= 4 is 11.8 Å². The second-order valence-corrected chi connectivity index (χ2v) is 9.73. The predicted octanol–water partition coefficient (Wildman–Crippen LogP) is 5.25. The van der Waals surface area contributed by atoms with Crippen LogP contribution in [0.15, 0.2) is 78.9 Å². The molecule has 5 heteroatoms. The Labute approximate surface area is 214 Å². The van der Waals surface area contributed by atoms with Gasteiger partial charge in [-0.3, -0.25) is 9.59 Å². The van der Waals surface area contributed by atoms with E-state index >= 15 is 0 Å². The second kappa shape index (κ2) is 12.4. The monoisotopic (exact) mass is 484 g/mol. The first-order valence-corrected chi connectivity index (χ1v) is 12.8. The second-order valence-electron chi connectivity index (χ2n) is 9.73. The van der Waals surface area contributed by atoms with Crippen molar-refractivity contribution in [3.63, 3.8) is 0 Å². The SMILES string of the molecule is COc1cccc(CN(C(=O)Cc2ccc(C)cc2)C(Cc2ccccc2)C(=O)NC2CCCC2)c1. The lowest BCUT2D eigenvalue weighted by molar-refractivity contribution is -0.141. The van der Waals surface area contributed by atoms with Crippen LogP contribution in [0.25, 0.3) is 0 Å². The van der Waals surface area contributed by atoms with Crippen LogP contribution in [0.3, 0.4) is 0 Å². The lowest BCUT2D eigenvalue weighted by atomic mass is 10.0. The largest absolute Gasteiger partial charge is 0.497 e. The number of carbonyl (C=O) groups is 2. The number of hydrogen-bond acceptors (Lipinski definition) is 3. The Morgan fingerprint density at radius 2 is 1.61 bits per heavy atom. The van der Waals surface area contributed by atoms with Gasteiger partial charge in [-0.2, -0.15) is 0 Å². The number of rotatable bonds is 10. The van der Waals surface area contributed by atoms with Crippen LogP contribution in [0.5, 0.6) is 5.75 Å². The number of aryl methyl sites for hydroxylation is 1. The number of nitrogens with zero attached hydrogens (tertiary/aromatic N) is 1. The summed E-state index contributed by atoms with van der Waals surface area (Å²) < 4.78 is 5.41. The molecule has 1 N–H and O–H groups in total. The first kappa shape index (κ1) is 25.5. The Balaban J connectivity index is 1.66. The molecule has 1 aliphatic rings. The fourth-order valence-electron chi connectivity index (χ4n) is 4.87. The maximum absolute atomic E-state index is 13.8. The van der Waals surface area contributed by atoms with Gasteiger partial charge in [0.25, 0.3) is 0 Å². The summed E-state index contributed by atoms with van der Waals surface area (Å²) in [6, 6.07) is 25.2. The molecule has 3 aromatic rings. The normalized spacial score (nSPS) is 14.3. The molecular formula is C31H36N2O3. The smallest absolute Gasteiger partial charge is 0.243 e. The van der Waals surface area contributed by atoms with Gasteiger partial charge in [-0.15, -0.1) is 0 Å².